The Labute approximate surface area is 89.0 Å². The number of hydrogen-bond donors (Lipinski definition) is 1. The lowest BCUT2D eigenvalue weighted by Gasteiger charge is -2.03. The third-order valence-corrected chi connectivity index (χ3v) is 2.00. The van der Waals surface area contributed by atoms with Gasteiger partial charge in [-0.2, -0.15) is 0 Å². The number of pyridine rings is 1. The molecule has 0 aliphatic carbocycles. The van der Waals surface area contributed by atoms with Gasteiger partial charge >= 0.3 is 5.97 Å². The molecule has 4 nitrogen and oxygen atoms in total. The number of ether oxygens (including phenoxy) is 1. The molecule has 0 saturated carbocycles. The molecule has 1 rings (SSSR count). The van der Waals surface area contributed by atoms with Gasteiger partial charge in [0.2, 0.25) is 5.88 Å². The van der Waals surface area contributed by atoms with E-state index >= 15 is 0 Å². The summed E-state index contributed by atoms with van der Waals surface area (Å²) in [6.07, 6.45) is 6.33. The average molecular weight is 256 g/mol. The number of aromatic carboxylic acids is 1. The molecule has 0 saturated heterocycles. The van der Waals surface area contributed by atoms with Crippen molar-refractivity contribution in [1.29, 1.82) is 0 Å². The Morgan fingerprint density at radius 2 is 2.50 bits per heavy atom. The lowest BCUT2D eigenvalue weighted by Crippen LogP contribution is -2.02. The van der Waals surface area contributed by atoms with Crippen molar-refractivity contribution >= 4 is 21.9 Å². The normalized spacial score (nSPS) is 9.14. The van der Waals surface area contributed by atoms with Crippen LogP contribution < -0.4 is 4.74 Å². The fraction of sp³-hybridized carbons (Fsp3) is 0.111. The Balaban J connectivity index is 2.96. The first-order chi connectivity index (χ1) is 6.65. The molecule has 0 amide bonds. The van der Waals surface area contributed by atoms with E-state index in [0.29, 0.717) is 4.47 Å². The van der Waals surface area contributed by atoms with Gasteiger partial charge in [-0.05, 0) is 15.9 Å². The predicted molar refractivity (Wildman–Crippen MR) is 53.2 cm³/mol. The van der Waals surface area contributed by atoms with Crippen LogP contribution in [0.4, 0.5) is 0 Å². The van der Waals surface area contributed by atoms with Crippen LogP contribution in [0.15, 0.2) is 16.7 Å². The molecule has 0 spiro atoms. The van der Waals surface area contributed by atoms with Gasteiger partial charge in [0.25, 0.3) is 0 Å². The molecular weight excluding hydrogens is 250 g/mol. The van der Waals surface area contributed by atoms with E-state index in [1.807, 2.05) is 0 Å². The summed E-state index contributed by atoms with van der Waals surface area (Å²) in [6.45, 7) is 0.0632. The van der Waals surface area contributed by atoms with Crippen molar-refractivity contribution in [2.24, 2.45) is 0 Å². The van der Waals surface area contributed by atoms with Gasteiger partial charge in [-0.1, -0.05) is 5.92 Å². The van der Waals surface area contributed by atoms with Crippen LogP contribution in [0, 0.1) is 12.3 Å². The van der Waals surface area contributed by atoms with E-state index in [-0.39, 0.29) is 18.1 Å². The first-order valence-corrected chi connectivity index (χ1v) is 4.39. The van der Waals surface area contributed by atoms with E-state index < -0.39 is 5.97 Å². The molecule has 0 bridgehead atoms. The minimum Gasteiger partial charge on any atom is -0.478 e. The number of carbonyl (C=O) groups is 1. The summed E-state index contributed by atoms with van der Waals surface area (Å²) < 4.78 is 5.37. The molecular formula is C9H6BrNO3. The van der Waals surface area contributed by atoms with E-state index in [0.717, 1.165) is 0 Å². The molecule has 0 fully saturated rings. The fourth-order valence-corrected chi connectivity index (χ4v) is 1.16. The largest absolute Gasteiger partial charge is 0.478 e. The number of carboxylic acid groups (broad SMARTS) is 1. The van der Waals surface area contributed by atoms with Gasteiger partial charge in [-0.15, -0.1) is 6.42 Å². The topological polar surface area (TPSA) is 59.4 Å². The lowest BCUT2D eigenvalue weighted by atomic mass is 10.3. The van der Waals surface area contributed by atoms with Gasteiger partial charge in [0.05, 0.1) is 10.0 Å². The zero-order valence-corrected chi connectivity index (χ0v) is 8.61. The molecule has 1 aromatic heterocycles. The van der Waals surface area contributed by atoms with Crippen LogP contribution in [-0.4, -0.2) is 22.7 Å². The second-order valence-corrected chi connectivity index (χ2v) is 3.15. The maximum atomic E-state index is 10.7. The number of rotatable bonds is 3. The van der Waals surface area contributed by atoms with Gasteiger partial charge in [0.1, 0.15) is 0 Å². The van der Waals surface area contributed by atoms with Crippen LogP contribution in [0.25, 0.3) is 0 Å². The van der Waals surface area contributed by atoms with E-state index in [9.17, 15) is 4.79 Å². The van der Waals surface area contributed by atoms with Gasteiger partial charge in [0, 0.05) is 12.3 Å². The van der Waals surface area contributed by atoms with E-state index in [2.05, 4.69) is 26.8 Å². The molecule has 0 aromatic carbocycles. The molecule has 0 radical (unpaired) electrons. The van der Waals surface area contributed by atoms with Crippen molar-refractivity contribution in [3.05, 3.63) is 22.3 Å². The average Bonchev–Trinajstić information content (AvgIpc) is 2.16. The molecule has 0 aliphatic heterocycles. The van der Waals surface area contributed by atoms with Crippen LogP contribution in [0.5, 0.6) is 5.88 Å². The smallest absolute Gasteiger partial charge is 0.337 e. The molecule has 0 aliphatic rings. The molecule has 72 valence electrons. The number of carboxylic acids is 1. The van der Waals surface area contributed by atoms with E-state index in [1.54, 1.807) is 0 Å². The summed E-state index contributed by atoms with van der Waals surface area (Å²) in [6, 6.07) is 1.31. The lowest BCUT2D eigenvalue weighted by molar-refractivity contribution is 0.0695. The summed E-state index contributed by atoms with van der Waals surface area (Å²) >= 11 is 3.06. The molecule has 1 N–H and O–H groups in total. The minimum absolute atomic E-state index is 0.0632. The number of hydrogen-bond acceptors (Lipinski definition) is 3. The van der Waals surface area contributed by atoms with Gasteiger partial charge in [0.15, 0.2) is 6.61 Å². The Bertz CT molecular complexity index is 398. The summed E-state index contributed by atoms with van der Waals surface area (Å²) in [5, 5.41) is 8.76. The SMILES string of the molecule is C#CCOc1cc(C(=O)O)c(Br)cn1. The predicted octanol–water partition coefficient (Wildman–Crippen LogP) is 1.55. The first-order valence-electron chi connectivity index (χ1n) is 3.60. The zero-order valence-electron chi connectivity index (χ0n) is 7.03. The summed E-state index contributed by atoms with van der Waals surface area (Å²) in [5.74, 6) is 1.40. The third kappa shape index (κ3) is 2.47. The van der Waals surface area contributed by atoms with Gasteiger partial charge in [-0.3, -0.25) is 0 Å². The summed E-state index contributed by atoms with van der Waals surface area (Å²) in [5.41, 5.74) is 0.0898. The first kappa shape index (κ1) is 10.5. The van der Waals surface area contributed by atoms with Crippen molar-refractivity contribution in [2.45, 2.75) is 0 Å². The number of aromatic nitrogens is 1. The minimum atomic E-state index is -1.05. The van der Waals surface area contributed by atoms with Crippen molar-refractivity contribution in [2.75, 3.05) is 6.61 Å². The highest BCUT2D eigenvalue weighted by Gasteiger charge is 2.10. The van der Waals surface area contributed by atoms with Gasteiger partial charge < -0.3 is 9.84 Å². The van der Waals surface area contributed by atoms with Crippen molar-refractivity contribution in [1.82, 2.24) is 4.98 Å². The highest BCUT2D eigenvalue weighted by molar-refractivity contribution is 9.10. The molecule has 5 heteroatoms. The zero-order chi connectivity index (χ0) is 10.6. The molecule has 14 heavy (non-hydrogen) atoms. The maximum absolute atomic E-state index is 10.7. The highest BCUT2D eigenvalue weighted by atomic mass is 79.9. The van der Waals surface area contributed by atoms with Crippen LogP contribution in [0.1, 0.15) is 10.4 Å². The summed E-state index contributed by atoms with van der Waals surface area (Å²) in [4.78, 5) is 14.5. The van der Waals surface area contributed by atoms with Crippen LogP contribution in [-0.2, 0) is 0 Å². The molecule has 0 unspecified atom stereocenters. The monoisotopic (exact) mass is 255 g/mol. The van der Waals surface area contributed by atoms with Crippen molar-refractivity contribution in [3.8, 4) is 18.2 Å². The fourth-order valence-electron chi connectivity index (χ4n) is 0.778. The standard InChI is InChI=1S/C9H6BrNO3/c1-2-3-14-8-4-6(9(12)13)7(10)5-11-8/h1,4-5H,3H2,(H,12,13). The third-order valence-electron chi connectivity index (χ3n) is 1.36. The van der Waals surface area contributed by atoms with Crippen molar-refractivity contribution < 1.29 is 14.6 Å². The number of terminal acetylenes is 1. The summed E-state index contributed by atoms with van der Waals surface area (Å²) in [7, 11) is 0. The Kier molecular flexibility index (Phi) is 3.48. The van der Waals surface area contributed by atoms with Crippen LogP contribution in [0.3, 0.4) is 0 Å². The Morgan fingerprint density at radius 1 is 1.79 bits per heavy atom. The molecule has 0 atom stereocenters. The van der Waals surface area contributed by atoms with Crippen molar-refractivity contribution in [3.63, 3.8) is 0 Å². The number of halogens is 1. The number of nitrogens with zero attached hydrogens (tertiary/aromatic N) is 1. The van der Waals surface area contributed by atoms with E-state index in [4.69, 9.17) is 16.3 Å². The molecule has 1 heterocycles. The second kappa shape index (κ2) is 4.63. The Hall–Kier alpha value is -1.54. The highest BCUT2D eigenvalue weighted by Crippen LogP contribution is 2.19. The molecule has 1 aromatic rings. The van der Waals surface area contributed by atoms with Crippen LogP contribution >= 0.6 is 15.9 Å². The maximum Gasteiger partial charge on any atom is 0.337 e. The van der Waals surface area contributed by atoms with E-state index in [1.165, 1.54) is 12.3 Å². The quantitative estimate of drug-likeness (QED) is 0.833. The second-order valence-electron chi connectivity index (χ2n) is 2.30. The Morgan fingerprint density at radius 3 is 3.07 bits per heavy atom. The van der Waals surface area contributed by atoms with Gasteiger partial charge in [-0.25, -0.2) is 9.78 Å². The van der Waals surface area contributed by atoms with Crippen LogP contribution in [0.2, 0.25) is 0 Å².